The number of thiazole rings is 1. The van der Waals surface area contributed by atoms with Gasteiger partial charge in [0.15, 0.2) is 0 Å². The van der Waals surface area contributed by atoms with E-state index in [2.05, 4.69) is 34.3 Å². The summed E-state index contributed by atoms with van der Waals surface area (Å²) in [6.45, 7) is 3.92. The zero-order valence-electron chi connectivity index (χ0n) is 10.7. The van der Waals surface area contributed by atoms with Crippen molar-refractivity contribution in [3.8, 4) is 0 Å². The Hall–Kier alpha value is -0.490. The Morgan fingerprint density at radius 3 is 2.82 bits per heavy atom. The maximum atomic E-state index is 5.58. The minimum Gasteiger partial charge on any atom is -0.325 e. The van der Waals surface area contributed by atoms with Crippen molar-refractivity contribution in [3.63, 3.8) is 0 Å². The first-order chi connectivity index (χ1) is 8.19. The molecule has 96 valence electrons. The van der Waals surface area contributed by atoms with Crippen molar-refractivity contribution in [2.75, 3.05) is 27.2 Å². The maximum absolute atomic E-state index is 5.58. The first-order valence-corrected chi connectivity index (χ1v) is 7.09. The number of nitrogens with zero attached hydrogens (tertiary/aromatic N) is 3. The summed E-state index contributed by atoms with van der Waals surface area (Å²) in [6.07, 6.45) is 2.53. The van der Waals surface area contributed by atoms with Gasteiger partial charge in [0.1, 0.15) is 5.01 Å². The first kappa shape index (κ1) is 13.0. The van der Waals surface area contributed by atoms with Gasteiger partial charge in [0.2, 0.25) is 0 Å². The number of nitrogens with two attached hydrogens (primary N) is 1. The molecule has 2 rings (SSSR count). The number of aromatic nitrogens is 1. The van der Waals surface area contributed by atoms with Gasteiger partial charge in [0.25, 0.3) is 0 Å². The van der Waals surface area contributed by atoms with E-state index in [0.29, 0.717) is 12.6 Å². The fourth-order valence-electron chi connectivity index (χ4n) is 2.34. The molecule has 1 aliphatic heterocycles. The van der Waals surface area contributed by atoms with Crippen molar-refractivity contribution in [1.82, 2.24) is 14.8 Å². The van der Waals surface area contributed by atoms with Crippen molar-refractivity contribution in [1.29, 1.82) is 0 Å². The van der Waals surface area contributed by atoms with Crippen molar-refractivity contribution in [2.24, 2.45) is 5.73 Å². The van der Waals surface area contributed by atoms with Crippen LogP contribution in [-0.4, -0.2) is 48.0 Å². The topological polar surface area (TPSA) is 45.4 Å². The lowest BCUT2D eigenvalue weighted by atomic mass is 10.0. The molecule has 0 aliphatic carbocycles. The van der Waals surface area contributed by atoms with Crippen LogP contribution < -0.4 is 5.73 Å². The van der Waals surface area contributed by atoms with Crippen LogP contribution >= 0.6 is 11.3 Å². The zero-order valence-corrected chi connectivity index (χ0v) is 11.5. The van der Waals surface area contributed by atoms with Crippen LogP contribution in [0.15, 0.2) is 5.38 Å². The second-order valence-corrected chi connectivity index (χ2v) is 5.83. The smallest absolute Gasteiger partial charge is 0.106 e. The molecule has 0 atom stereocenters. The number of piperidine rings is 1. The standard InChI is InChI=1S/C12H22N4S/c1-15-5-3-11(4-6-15)16(2)8-10-9-17-12(7-13)14-10/h9,11H,3-8,13H2,1-2H3. The number of hydrogen-bond acceptors (Lipinski definition) is 5. The van der Waals surface area contributed by atoms with Crippen molar-refractivity contribution < 1.29 is 0 Å². The lowest BCUT2D eigenvalue weighted by molar-refractivity contribution is 0.138. The average Bonchev–Trinajstić information content (AvgIpc) is 2.77. The van der Waals surface area contributed by atoms with Gasteiger partial charge in [-0.3, -0.25) is 4.90 Å². The molecule has 1 fully saturated rings. The molecule has 2 N–H and O–H groups in total. The summed E-state index contributed by atoms with van der Waals surface area (Å²) < 4.78 is 0. The van der Waals surface area contributed by atoms with E-state index in [0.717, 1.165) is 17.2 Å². The predicted octanol–water partition coefficient (Wildman–Crippen LogP) is 1.13. The summed E-state index contributed by atoms with van der Waals surface area (Å²) in [5.41, 5.74) is 6.74. The third-order valence-corrected chi connectivity index (χ3v) is 4.42. The van der Waals surface area contributed by atoms with Crippen LogP contribution in [0.5, 0.6) is 0 Å². The Morgan fingerprint density at radius 1 is 1.53 bits per heavy atom. The summed E-state index contributed by atoms with van der Waals surface area (Å²) >= 11 is 1.67. The molecule has 2 heterocycles. The maximum Gasteiger partial charge on any atom is 0.106 e. The third-order valence-electron chi connectivity index (χ3n) is 3.50. The SMILES string of the molecule is CN1CCC(N(C)Cc2csc(CN)n2)CC1. The second-order valence-electron chi connectivity index (χ2n) is 4.89. The van der Waals surface area contributed by atoms with Gasteiger partial charge < -0.3 is 10.6 Å². The van der Waals surface area contributed by atoms with Crippen molar-refractivity contribution >= 4 is 11.3 Å². The predicted molar refractivity (Wildman–Crippen MR) is 72.0 cm³/mol. The van der Waals surface area contributed by atoms with Gasteiger partial charge >= 0.3 is 0 Å². The fraction of sp³-hybridized carbons (Fsp3) is 0.750. The number of rotatable bonds is 4. The van der Waals surface area contributed by atoms with Crippen LogP contribution in [0.2, 0.25) is 0 Å². The fourth-order valence-corrected chi connectivity index (χ4v) is 3.00. The number of hydrogen-bond donors (Lipinski definition) is 1. The summed E-state index contributed by atoms with van der Waals surface area (Å²) in [5, 5.41) is 3.17. The van der Waals surface area contributed by atoms with Crippen LogP contribution in [0.3, 0.4) is 0 Å². The summed E-state index contributed by atoms with van der Waals surface area (Å²) in [7, 11) is 4.40. The van der Waals surface area contributed by atoms with E-state index in [4.69, 9.17) is 5.73 Å². The van der Waals surface area contributed by atoms with E-state index in [1.807, 2.05) is 0 Å². The quantitative estimate of drug-likeness (QED) is 0.875. The van der Waals surface area contributed by atoms with E-state index < -0.39 is 0 Å². The summed E-state index contributed by atoms with van der Waals surface area (Å²) in [4.78, 5) is 9.36. The highest BCUT2D eigenvalue weighted by Gasteiger charge is 2.20. The van der Waals surface area contributed by atoms with E-state index in [9.17, 15) is 0 Å². The monoisotopic (exact) mass is 254 g/mol. The lowest BCUT2D eigenvalue weighted by Gasteiger charge is -2.34. The summed E-state index contributed by atoms with van der Waals surface area (Å²) in [6, 6.07) is 0.703. The average molecular weight is 254 g/mol. The Balaban J connectivity index is 1.85. The minimum absolute atomic E-state index is 0.558. The molecule has 0 bridgehead atoms. The Kier molecular flexibility index (Phi) is 4.50. The highest BCUT2D eigenvalue weighted by atomic mass is 32.1. The van der Waals surface area contributed by atoms with Gasteiger partial charge in [-0.1, -0.05) is 0 Å². The van der Waals surface area contributed by atoms with Crippen LogP contribution in [-0.2, 0) is 13.1 Å². The van der Waals surface area contributed by atoms with Crippen LogP contribution in [0, 0.1) is 0 Å². The van der Waals surface area contributed by atoms with Gasteiger partial charge in [0, 0.05) is 24.5 Å². The van der Waals surface area contributed by atoms with Gasteiger partial charge in [-0.2, -0.15) is 0 Å². The van der Waals surface area contributed by atoms with Crippen LogP contribution in [0.4, 0.5) is 0 Å². The van der Waals surface area contributed by atoms with Crippen LogP contribution in [0.25, 0.3) is 0 Å². The van der Waals surface area contributed by atoms with Gasteiger partial charge in [-0.25, -0.2) is 4.98 Å². The van der Waals surface area contributed by atoms with Crippen molar-refractivity contribution in [3.05, 3.63) is 16.1 Å². The van der Waals surface area contributed by atoms with Gasteiger partial charge in [-0.05, 0) is 40.0 Å². The summed E-state index contributed by atoms with van der Waals surface area (Å²) in [5.74, 6) is 0. The molecule has 5 heteroatoms. The van der Waals surface area contributed by atoms with Crippen LogP contribution in [0.1, 0.15) is 23.5 Å². The largest absolute Gasteiger partial charge is 0.325 e. The molecule has 1 aliphatic rings. The number of likely N-dealkylation sites (tertiary alicyclic amines) is 1. The zero-order chi connectivity index (χ0) is 12.3. The molecule has 0 radical (unpaired) electrons. The van der Waals surface area contributed by atoms with Crippen molar-refractivity contribution in [2.45, 2.75) is 32.0 Å². The molecule has 17 heavy (non-hydrogen) atoms. The molecular formula is C12H22N4S. The lowest BCUT2D eigenvalue weighted by Crippen LogP contribution is -2.41. The molecule has 1 aromatic heterocycles. The van der Waals surface area contributed by atoms with E-state index in [1.54, 1.807) is 11.3 Å². The Bertz CT molecular complexity index is 344. The molecule has 0 saturated carbocycles. The molecule has 0 spiro atoms. The van der Waals surface area contributed by atoms with E-state index in [1.165, 1.54) is 25.9 Å². The molecule has 4 nitrogen and oxygen atoms in total. The molecular weight excluding hydrogens is 232 g/mol. The van der Waals surface area contributed by atoms with Gasteiger partial charge in [0.05, 0.1) is 5.69 Å². The van der Waals surface area contributed by atoms with Gasteiger partial charge in [-0.15, -0.1) is 11.3 Å². The molecule has 1 saturated heterocycles. The first-order valence-electron chi connectivity index (χ1n) is 6.21. The molecule has 0 amide bonds. The van der Waals surface area contributed by atoms with E-state index >= 15 is 0 Å². The molecule has 0 unspecified atom stereocenters. The van der Waals surface area contributed by atoms with E-state index in [-0.39, 0.29) is 0 Å². The molecule has 0 aromatic carbocycles. The highest BCUT2D eigenvalue weighted by Crippen LogP contribution is 2.17. The third kappa shape index (κ3) is 3.48. The Morgan fingerprint density at radius 2 is 2.24 bits per heavy atom. The molecule has 1 aromatic rings. The Labute approximate surface area is 107 Å². The normalized spacial score (nSPS) is 19.1. The highest BCUT2D eigenvalue weighted by molar-refractivity contribution is 7.09. The second kappa shape index (κ2) is 5.91. The minimum atomic E-state index is 0.558.